The first kappa shape index (κ1) is 23.2. The Labute approximate surface area is 197 Å². The molecular weight excluding hydrogens is 432 g/mol. The third kappa shape index (κ3) is 4.71. The van der Waals surface area contributed by atoms with Crippen molar-refractivity contribution in [2.75, 3.05) is 13.2 Å². The standard InChI is InChI=1S/C28H26O6/c1-4-32-26(30)14-12-23-17(2)22-11-13-25(18(3)27(22)34-28(23)31)33-16-24(29)21-10-9-19-7-5-6-8-20(19)15-21/h5-11,13,15H,4,12,14,16H2,1-3H3. The molecule has 0 unspecified atom stereocenters. The van der Waals surface area contributed by atoms with Crippen LogP contribution in [0.2, 0.25) is 0 Å². The number of aryl methyl sites for hydroxylation is 2. The Bertz CT molecular complexity index is 1450. The van der Waals surface area contributed by atoms with Crippen LogP contribution in [-0.2, 0) is 16.0 Å². The van der Waals surface area contributed by atoms with Gasteiger partial charge in [-0.05, 0) is 61.7 Å². The molecule has 0 N–H and O–H groups in total. The topological polar surface area (TPSA) is 82.8 Å². The second-order valence-corrected chi connectivity index (χ2v) is 8.14. The van der Waals surface area contributed by atoms with Gasteiger partial charge in [0.25, 0.3) is 0 Å². The van der Waals surface area contributed by atoms with Gasteiger partial charge < -0.3 is 13.9 Å². The van der Waals surface area contributed by atoms with Gasteiger partial charge in [0.1, 0.15) is 11.3 Å². The lowest BCUT2D eigenvalue weighted by atomic mass is 10.0. The van der Waals surface area contributed by atoms with E-state index in [4.69, 9.17) is 13.9 Å². The highest BCUT2D eigenvalue weighted by Crippen LogP contribution is 2.30. The SMILES string of the molecule is CCOC(=O)CCc1c(C)c2ccc(OCC(=O)c3ccc4ccccc4c3)c(C)c2oc1=O. The Morgan fingerprint density at radius 3 is 2.47 bits per heavy atom. The Balaban J connectivity index is 1.54. The zero-order valence-electron chi connectivity index (χ0n) is 19.5. The number of ether oxygens (including phenoxy) is 2. The monoisotopic (exact) mass is 458 g/mol. The Morgan fingerprint density at radius 2 is 1.71 bits per heavy atom. The van der Waals surface area contributed by atoms with Crippen LogP contribution in [-0.4, -0.2) is 25.0 Å². The molecule has 0 saturated heterocycles. The maximum atomic E-state index is 12.7. The van der Waals surface area contributed by atoms with Gasteiger partial charge in [-0.1, -0.05) is 36.4 Å². The second-order valence-electron chi connectivity index (χ2n) is 8.14. The predicted octanol–water partition coefficient (Wildman–Crippen LogP) is 5.32. The quantitative estimate of drug-likeness (QED) is 0.202. The van der Waals surface area contributed by atoms with Crippen LogP contribution in [0.5, 0.6) is 5.75 Å². The minimum atomic E-state index is -0.484. The molecule has 34 heavy (non-hydrogen) atoms. The molecule has 6 heteroatoms. The molecular formula is C28H26O6. The highest BCUT2D eigenvalue weighted by Gasteiger charge is 2.17. The van der Waals surface area contributed by atoms with Crippen LogP contribution in [0.15, 0.2) is 63.8 Å². The van der Waals surface area contributed by atoms with Gasteiger partial charge in [-0.15, -0.1) is 0 Å². The third-order valence-corrected chi connectivity index (χ3v) is 5.97. The second kappa shape index (κ2) is 9.91. The van der Waals surface area contributed by atoms with Crippen LogP contribution in [0.1, 0.15) is 40.4 Å². The number of carbonyl (C=O) groups excluding carboxylic acids is 2. The van der Waals surface area contributed by atoms with Crippen molar-refractivity contribution >= 4 is 33.5 Å². The number of carbonyl (C=O) groups is 2. The van der Waals surface area contributed by atoms with E-state index >= 15 is 0 Å². The minimum Gasteiger partial charge on any atom is -0.485 e. The summed E-state index contributed by atoms with van der Waals surface area (Å²) in [6.07, 6.45) is 0.364. The first-order chi connectivity index (χ1) is 16.4. The van der Waals surface area contributed by atoms with E-state index in [-0.39, 0.29) is 31.2 Å². The van der Waals surface area contributed by atoms with Crippen LogP contribution in [0.4, 0.5) is 0 Å². The molecule has 0 spiro atoms. The lowest BCUT2D eigenvalue weighted by Crippen LogP contribution is -2.15. The summed E-state index contributed by atoms with van der Waals surface area (Å²) >= 11 is 0. The number of esters is 1. The molecule has 0 aliphatic carbocycles. The van der Waals surface area contributed by atoms with Crippen LogP contribution in [0, 0.1) is 13.8 Å². The summed E-state index contributed by atoms with van der Waals surface area (Å²) in [5.41, 5.74) is 2.36. The lowest BCUT2D eigenvalue weighted by molar-refractivity contribution is -0.143. The average molecular weight is 459 g/mol. The van der Waals surface area contributed by atoms with Crippen LogP contribution >= 0.6 is 0 Å². The van der Waals surface area contributed by atoms with Crippen molar-refractivity contribution in [2.24, 2.45) is 0 Å². The smallest absolute Gasteiger partial charge is 0.339 e. The summed E-state index contributed by atoms with van der Waals surface area (Å²) in [5, 5.41) is 2.83. The fraction of sp³-hybridized carbons (Fsp3) is 0.250. The number of ketones is 1. The molecule has 0 saturated carbocycles. The van der Waals surface area contributed by atoms with Gasteiger partial charge in [-0.3, -0.25) is 9.59 Å². The van der Waals surface area contributed by atoms with E-state index < -0.39 is 5.63 Å². The van der Waals surface area contributed by atoms with E-state index in [2.05, 4.69) is 0 Å². The normalized spacial score (nSPS) is 11.0. The fourth-order valence-electron chi connectivity index (χ4n) is 4.07. The maximum Gasteiger partial charge on any atom is 0.339 e. The molecule has 0 aliphatic heterocycles. The van der Waals surface area contributed by atoms with Crippen molar-refractivity contribution < 1.29 is 23.5 Å². The molecule has 1 aromatic heterocycles. The number of hydrogen-bond acceptors (Lipinski definition) is 6. The number of Topliss-reactive ketones (excluding diaryl/α,β-unsaturated/α-hetero) is 1. The molecule has 0 amide bonds. The molecule has 0 radical (unpaired) electrons. The zero-order valence-corrected chi connectivity index (χ0v) is 19.5. The maximum absolute atomic E-state index is 12.7. The highest BCUT2D eigenvalue weighted by atomic mass is 16.5. The molecule has 0 atom stereocenters. The predicted molar refractivity (Wildman–Crippen MR) is 131 cm³/mol. The fourth-order valence-corrected chi connectivity index (χ4v) is 4.07. The first-order valence-electron chi connectivity index (χ1n) is 11.3. The van der Waals surface area contributed by atoms with E-state index in [1.807, 2.05) is 49.4 Å². The van der Waals surface area contributed by atoms with E-state index in [9.17, 15) is 14.4 Å². The molecule has 6 nitrogen and oxygen atoms in total. The summed E-state index contributed by atoms with van der Waals surface area (Å²) < 4.78 is 16.4. The highest BCUT2D eigenvalue weighted by molar-refractivity contribution is 6.01. The van der Waals surface area contributed by atoms with E-state index in [0.29, 0.717) is 34.6 Å². The van der Waals surface area contributed by atoms with Crippen LogP contribution in [0.3, 0.4) is 0 Å². The van der Waals surface area contributed by atoms with Gasteiger partial charge in [0.2, 0.25) is 0 Å². The largest absolute Gasteiger partial charge is 0.485 e. The van der Waals surface area contributed by atoms with Crippen molar-refractivity contribution in [1.82, 2.24) is 0 Å². The van der Waals surface area contributed by atoms with Crippen molar-refractivity contribution in [3.63, 3.8) is 0 Å². The van der Waals surface area contributed by atoms with Gasteiger partial charge in [-0.2, -0.15) is 0 Å². The van der Waals surface area contributed by atoms with Gasteiger partial charge >= 0.3 is 11.6 Å². The van der Waals surface area contributed by atoms with Crippen molar-refractivity contribution in [3.05, 3.63) is 87.3 Å². The van der Waals surface area contributed by atoms with Crippen molar-refractivity contribution in [1.29, 1.82) is 0 Å². The average Bonchev–Trinajstić information content (AvgIpc) is 2.83. The zero-order chi connectivity index (χ0) is 24.2. The van der Waals surface area contributed by atoms with Gasteiger partial charge in [0.15, 0.2) is 12.4 Å². The first-order valence-corrected chi connectivity index (χ1v) is 11.3. The number of fused-ring (bicyclic) bond motifs is 2. The van der Waals surface area contributed by atoms with Crippen molar-refractivity contribution in [2.45, 2.75) is 33.6 Å². The number of benzene rings is 3. The summed E-state index contributed by atoms with van der Waals surface area (Å²) in [6, 6.07) is 17.0. The molecule has 4 aromatic rings. The van der Waals surface area contributed by atoms with Crippen LogP contribution in [0.25, 0.3) is 21.7 Å². The van der Waals surface area contributed by atoms with Gasteiger partial charge in [0, 0.05) is 28.5 Å². The molecule has 3 aromatic carbocycles. The summed E-state index contributed by atoms with van der Waals surface area (Å²) in [4.78, 5) is 37.1. The number of hydrogen-bond donors (Lipinski definition) is 0. The molecule has 174 valence electrons. The van der Waals surface area contributed by atoms with Crippen LogP contribution < -0.4 is 10.4 Å². The summed E-state index contributed by atoms with van der Waals surface area (Å²) in [7, 11) is 0. The molecule has 0 aliphatic rings. The Kier molecular flexibility index (Phi) is 6.77. The molecule has 0 fully saturated rings. The molecule has 1 heterocycles. The summed E-state index contributed by atoms with van der Waals surface area (Å²) in [6.45, 7) is 5.54. The van der Waals surface area contributed by atoms with E-state index in [0.717, 1.165) is 21.7 Å². The Hall–Kier alpha value is -3.93. The summed E-state index contributed by atoms with van der Waals surface area (Å²) in [5.74, 6) is -0.0157. The molecule has 0 bridgehead atoms. The lowest BCUT2D eigenvalue weighted by Gasteiger charge is -2.13. The Morgan fingerprint density at radius 1 is 0.941 bits per heavy atom. The number of rotatable bonds is 8. The minimum absolute atomic E-state index is 0.113. The molecule has 4 rings (SSSR count). The van der Waals surface area contributed by atoms with Gasteiger partial charge in [0.05, 0.1) is 6.61 Å². The van der Waals surface area contributed by atoms with Crippen molar-refractivity contribution in [3.8, 4) is 5.75 Å². The van der Waals surface area contributed by atoms with Gasteiger partial charge in [-0.25, -0.2) is 4.79 Å². The van der Waals surface area contributed by atoms with E-state index in [1.54, 1.807) is 26.0 Å². The van der Waals surface area contributed by atoms with E-state index in [1.165, 1.54) is 0 Å². The third-order valence-electron chi connectivity index (χ3n) is 5.97.